The zero-order valence-corrected chi connectivity index (χ0v) is 16.3. The molecule has 1 heterocycles. The Labute approximate surface area is 158 Å². The molecule has 3 nitrogen and oxygen atoms in total. The van der Waals surface area contributed by atoms with E-state index in [0.29, 0.717) is 0 Å². The SMILES string of the molecule is CC(O)(CCCN1CCOCC1)c1ccc(-c2ccc(Br)cc2)cc1. The van der Waals surface area contributed by atoms with E-state index in [-0.39, 0.29) is 0 Å². The monoisotopic (exact) mass is 403 g/mol. The first-order valence-electron chi connectivity index (χ1n) is 8.93. The second-order valence-corrected chi connectivity index (χ2v) is 7.83. The van der Waals surface area contributed by atoms with E-state index in [2.05, 4.69) is 45.1 Å². The lowest BCUT2D eigenvalue weighted by Crippen LogP contribution is -2.37. The first kappa shape index (κ1) is 18.6. The van der Waals surface area contributed by atoms with Crippen molar-refractivity contribution in [3.05, 3.63) is 58.6 Å². The normalized spacial score (nSPS) is 18.0. The molecular formula is C21H26BrNO2. The maximum absolute atomic E-state index is 10.9. The summed E-state index contributed by atoms with van der Waals surface area (Å²) in [5.74, 6) is 0. The quantitative estimate of drug-likeness (QED) is 0.773. The van der Waals surface area contributed by atoms with Crippen molar-refractivity contribution in [2.75, 3.05) is 32.8 Å². The third-order valence-electron chi connectivity index (χ3n) is 4.93. The van der Waals surface area contributed by atoms with Crippen LogP contribution in [0.1, 0.15) is 25.3 Å². The van der Waals surface area contributed by atoms with Gasteiger partial charge in [0.05, 0.1) is 18.8 Å². The molecule has 0 saturated carbocycles. The Morgan fingerprint density at radius 1 is 1.00 bits per heavy atom. The van der Waals surface area contributed by atoms with Gasteiger partial charge in [0.2, 0.25) is 0 Å². The van der Waals surface area contributed by atoms with Crippen molar-refractivity contribution in [2.45, 2.75) is 25.4 Å². The van der Waals surface area contributed by atoms with E-state index in [1.807, 2.05) is 31.2 Å². The van der Waals surface area contributed by atoms with Crippen molar-refractivity contribution in [1.29, 1.82) is 0 Å². The van der Waals surface area contributed by atoms with E-state index in [4.69, 9.17) is 4.74 Å². The molecule has 1 saturated heterocycles. The third-order valence-corrected chi connectivity index (χ3v) is 5.45. The van der Waals surface area contributed by atoms with Crippen molar-refractivity contribution in [1.82, 2.24) is 4.90 Å². The molecule has 1 aliphatic rings. The first-order valence-corrected chi connectivity index (χ1v) is 9.73. The number of benzene rings is 2. The molecule has 0 aromatic heterocycles. The molecule has 1 aliphatic heterocycles. The second-order valence-electron chi connectivity index (χ2n) is 6.92. The minimum Gasteiger partial charge on any atom is -0.385 e. The summed E-state index contributed by atoms with van der Waals surface area (Å²) in [5.41, 5.74) is 2.54. The van der Waals surface area contributed by atoms with Crippen molar-refractivity contribution >= 4 is 15.9 Å². The van der Waals surface area contributed by atoms with Crippen LogP contribution in [0.15, 0.2) is 53.0 Å². The van der Waals surface area contributed by atoms with Crippen molar-refractivity contribution in [2.24, 2.45) is 0 Å². The summed E-state index contributed by atoms with van der Waals surface area (Å²) in [5, 5.41) is 10.9. The second kappa shape index (κ2) is 8.45. The van der Waals surface area contributed by atoms with E-state index >= 15 is 0 Å². The molecule has 1 fully saturated rings. The fourth-order valence-electron chi connectivity index (χ4n) is 3.28. The molecule has 1 unspecified atom stereocenters. The van der Waals surface area contributed by atoms with Crippen LogP contribution in [0.3, 0.4) is 0 Å². The Morgan fingerprint density at radius 3 is 2.16 bits per heavy atom. The predicted octanol–water partition coefficient (Wildman–Crippen LogP) is 4.44. The minimum atomic E-state index is -0.787. The molecule has 134 valence electrons. The maximum atomic E-state index is 10.9. The van der Waals surface area contributed by atoms with Gasteiger partial charge < -0.3 is 9.84 Å². The van der Waals surface area contributed by atoms with Crippen LogP contribution in [0.5, 0.6) is 0 Å². The summed E-state index contributed by atoms with van der Waals surface area (Å²) in [4.78, 5) is 2.41. The highest BCUT2D eigenvalue weighted by Crippen LogP contribution is 2.29. The molecule has 0 spiro atoms. The molecule has 2 aromatic rings. The molecular weight excluding hydrogens is 378 g/mol. The van der Waals surface area contributed by atoms with Gasteiger partial charge in [0.1, 0.15) is 0 Å². The van der Waals surface area contributed by atoms with Crippen molar-refractivity contribution < 1.29 is 9.84 Å². The molecule has 25 heavy (non-hydrogen) atoms. The number of rotatable bonds is 6. The molecule has 0 amide bonds. The molecule has 0 aliphatic carbocycles. The van der Waals surface area contributed by atoms with E-state index < -0.39 is 5.60 Å². The van der Waals surface area contributed by atoms with Crippen LogP contribution in [0.2, 0.25) is 0 Å². The van der Waals surface area contributed by atoms with Gasteiger partial charge in [-0.1, -0.05) is 52.3 Å². The fourth-order valence-corrected chi connectivity index (χ4v) is 3.54. The van der Waals surface area contributed by atoms with E-state index in [1.165, 1.54) is 11.1 Å². The van der Waals surface area contributed by atoms with Crippen LogP contribution >= 0.6 is 15.9 Å². The number of halogens is 1. The third kappa shape index (κ3) is 5.14. The van der Waals surface area contributed by atoms with E-state index in [1.54, 1.807) is 0 Å². The van der Waals surface area contributed by atoms with Crippen LogP contribution in [-0.4, -0.2) is 42.9 Å². The highest BCUT2D eigenvalue weighted by atomic mass is 79.9. The van der Waals surface area contributed by atoms with Crippen molar-refractivity contribution in [3.8, 4) is 11.1 Å². The summed E-state index contributed by atoms with van der Waals surface area (Å²) >= 11 is 3.46. The summed E-state index contributed by atoms with van der Waals surface area (Å²) in [6.07, 6.45) is 1.75. The molecule has 2 aromatic carbocycles. The first-order chi connectivity index (χ1) is 12.0. The van der Waals surface area contributed by atoms with Crippen molar-refractivity contribution in [3.63, 3.8) is 0 Å². The molecule has 4 heteroatoms. The van der Waals surface area contributed by atoms with Gasteiger partial charge in [-0.05, 0) is 55.1 Å². The summed E-state index contributed by atoms with van der Waals surface area (Å²) < 4.78 is 6.46. The van der Waals surface area contributed by atoms with Gasteiger partial charge in [0.25, 0.3) is 0 Å². The highest BCUT2D eigenvalue weighted by Gasteiger charge is 2.23. The Hall–Kier alpha value is -1.20. The number of hydrogen-bond donors (Lipinski definition) is 1. The number of hydrogen-bond acceptors (Lipinski definition) is 3. The Bertz CT molecular complexity index is 661. The maximum Gasteiger partial charge on any atom is 0.0869 e. The molecule has 3 rings (SSSR count). The summed E-state index contributed by atoms with van der Waals surface area (Å²) in [7, 11) is 0. The predicted molar refractivity (Wildman–Crippen MR) is 106 cm³/mol. The Balaban J connectivity index is 1.58. The van der Waals surface area contributed by atoms with Gasteiger partial charge in [0, 0.05) is 17.6 Å². The standard InChI is InChI=1S/C21H26BrNO2/c1-21(24,11-2-12-23-13-15-25-16-14-23)19-7-3-17(4-8-19)18-5-9-20(22)10-6-18/h3-10,24H,2,11-16H2,1H3. The van der Waals surface area contributed by atoms with Crippen LogP contribution in [0, 0.1) is 0 Å². The van der Waals surface area contributed by atoms with E-state index in [9.17, 15) is 5.11 Å². The van der Waals surface area contributed by atoms with Gasteiger partial charge in [-0.3, -0.25) is 4.90 Å². The largest absolute Gasteiger partial charge is 0.385 e. The van der Waals surface area contributed by atoms with Crippen LogP contribution in [-0.2, 0) is 10.3 Å². The molecule has 1 N–H and O–H groups in total. The van der Waals surface area contributed by atoms with E-state index in [0.717, 1.165) is 55.7 Å². The summed E-state index contributed by atoms with van der Waals surface area (Å²) in [6, 6.07) is 16.6. The van der Waals surface area contributed by atoms with Gasteiger partial charge in [-0.15, -0.1) is 0 Å². The van der Waals surface area contributed by atoms with Crippen LogP contribution < -0.4 is 0 Å². The van der Waals surface area contributed by atoms with Crippen LogP contribution in [0.4, 0.5) is 0 Å². The lowest BCUT2D eigenvalue weighted by Gasteiger charge is -2.29. The zero-order valence-electron chi connectivity index (χ0n) is 14.7. The van der Waals surface area contributed by atoms with Gasteiger partial charge in [-0.25, -0.2) is 0 Å². The lowest BCUT2D eigenvalue weighted by atomic mass is 9.89. The number of nitrogens with zero attached hydrogens (tertiary/aromatic N) is 1. The average molecular weight is 404 g/mol. The number of morpholine rings is 1. The molecule has 1 atom stereocenters. The van der Waals surface area contributed by atoms with Gasteiger partial charge in [-0.2, -0.15) is 0 Å². The van der Waals surface area contributed by atoms with Crippen LogP contribution in [0.25, 0.3) is 11.1 Å². The number of aliphatic hydroxyl groups is 1. The minimum absolute atomic E-state index is 0.766. The molecule has 0 radical (unpaired) electrons. The Morgan fingerprint density at radius 2 is 1.56 bits per heavy atom. The van der Waals surface area contributed by atoms with Gasteiger partial charge >= 0.3 is 0 Å². The zero-order chi connectivity index (χ0) is 17.7. The topological polar surface area (TPSA) is 32.7 Å². The van der Waals surface area contributed by atoms with Gasteiger partial charge in [0.15, 0.2) is 0 Å². The smallest absolute Gasteiger partial charge is 0.0869 e. The summed E-state index contributed by atoms with van der Waals surface area (Å²) in [6.45, 7) is 6.60. The number of ether oxygens (including phenoxy) is 1. The average Bonchev–Trinajstić information content (AvgIpc) is 2.63. The molecule has 0 bridgehead atoms. The Kier molecular flexibility index (Phi) is 6.29. The lowest BCUT2D eigenvalue weighted by molar-refractivity contribution is 0.0222. The highest BCUT2D eigenvalue weighted by molar-refractivity contribution is 9.10. The fraction of sp³-hybridized carbons (Fsp3) is 0.429.